The second-order valence-corrected chi connectivity index (χ2v) is 10.1. The first kappa shape index (κ1) is 27.2. The van der Waals surface area contributed by atoms with Gasteiger partial charge in [0.2, 0.25) is 21.8 Å². The summed E-state index contributed by atoms with van der Waals surface area (Å²) in [6, 6.07) is 13.9. The zero-order chi connectivity index (χ0) is 25.3. The lowest BCUT2D eigenvalue weighted by atomic mass is 10.1. The molecule has 0 aliphatic rings. The van der Waals surface area contributed by atoms with E-state index in [0.29, 0.717) is 24.4 Å². The van der Waals surface area contributed by atoms with Crippen LogP contribution in [0, 0.1) is 6.92 Å². The average Bonchev–Trinajstić information content (AvgIpc) is 2.80. The summed E-state index contributed by atoms with van der Waals surface area (Å²) >= 11 is 0. The van der Waals surface area contributed by atoms with Gasteiger partial charge in [-0.05, 0) is 56.5 Å². The van der Waals surface area contributed by atoms with E-state index in [9.17, 15) is 18.0 Å². The molecule has 1 atom stereocenters. The van der Waals surface area contributed by atoms with Gasteiger partial charge in [-0.2, -0.15) is 0 Å². The number of nitrogens with one attached hydrogen (secondary N) is 1. The number of anilines is 1. The summed E-state index contributed by atoms with van der Waals surface area (Å²) < 4.78 is 31.4. The lowest BCUT2D eigenvalue weighted by Gasteiger charge is -2.29. The molecular formula is C25H35N3O5S. The van der Waals surface area contributed by atoms with Crippen molar-refractivity contribution >= 4 is 27.5 Å². The number of methoxy groups -OCH3 is 1. The van der Waals surface area contributed by atoms with Crippen LogP contribution < -0.4 is 14.4 Å². The Bertz CT molecular complexity index is 1070. The lowest BCUT2D eigenvalue weighted by Crippen LogP contribution is -2.47. The Balaban J connectivity index is 2.16. The summed E-state index contributed by atoms with van der Waals surface area (Å²) in [5, 5.41) is 2.77. The fraction of sp³-hybridized carbons (Fsp3) is 0.440. The number of sulfonamides is 1. The molecule has 0 saturated heterocycles. The van der Waals surface area contributed by atoms with E-state index < -0.39 is 16.1 Å². The van der Waals surface area contributed by atoms with Crippen LogP contribution in [0.2, 0.25) is 0 Å². The SMILES string of the molecule is CCNC(=O)[C@H](C)N(Cc1ccc(OC)cc1)C(=O)CCCN(c1ccccc1C)S(C)(=O)=O. The first-order valence-electron chi connectivity index (χ1n) is 11.3. The third-order valence-corrected chi connectivity index (χ3v) is 6.75. The Morgan fingerprint density at radius 1 is 1.09 bits per heavy atom. The molecule has 0 spiro atoms. The van der Waals surface area contributed by atoms with Crippen molar-refractivity contribution < 1.29 is 22.7 Å². The van der Waals surface area contributed by atoms with Gasteiger partial charge in [-0.3, -0.25) is 13.9 Å². The van der Waals surface area contributed by atoms with Gasteiger partial charge in [0.25, 0.3) is 0 Å². The molecule has 0 aromatic heterocycles. The summed E-state index contributed by atoms with van der Waals surface area (Å²) in [6.07, 6.45) is 1.59. The largest absolute Gasteiger partial charge is 0.497 e. The van der Waals surface area contributed by atoms with Crippen molar-refractivity contribution in [3.8, 4) is 5.75 Å². The van der Waals surface area contributed by atoms with E-state index in [1.54, 1.807) is 38.3 Å². The smallest absolute Gasteiger partial charge is 0.242 e. The number of para-hydroxylation sites is 1. The standard InChI is InChI=1S/C25H35N3O5S/c1-6-26-25(30)20(3)27(18-21-13-15-22(33-4)16-14-21)24(29)12-9-17-28(34(5,31)32)23-11-8-7-10-19(23)2/h7-8,10-11,13-16,20H,6,9,12,17-18H2,1-5H3,(H,26,30)/t20-/m0/s1. The molecule has 34 heavy (non-hydrogen) atoms. The molecule has 186 valence electrons. The number of nitrogens with zero attached hydrogens (tertiary/aromatic N) is 2. The quantitative estimate of drug-likeness (QED) is 0.494. The van der Waals surface area contributed by atoms with Crippen LogP contribution in [0.25, 0.3) is 0 Å². The van der Waals surface area contributed by atoms with E-state index in [1.807, 2.05) is 38.1 Å². The van der Waals surface area contributed by atoms with Gasteiger partial charge in [-0.15, -0.1) is 0 Å². The summed E-state index contributed by atoms with van der Waals surface area (Å²) in [5.41, 5.74) is 2.30. The minimum atomic E-state index is -3.52. The molecule has 0 aliphatic carbocycles. The van der Waals surface area contributed by atoms with E-state index >= 15 is 0 Å². The van der Waals surface area contributed by atoms with Crippen molar-refractivity contribution in [2.45, 2.75) is 46.2 Å². The van der Waals surface area contributed by atoms with Gasteiger partial charge in [0.1, 0.15) is 11.8 Å². The molecule has 0 radical (unpaired) electrons. The van der Waals surface area contributed by atoms with Crippen LogP contribution in [0.15, 0.2) is 48.5 Å². The number of hydrogen-bond donors (Lipinski definition) is 1. The fourth-order valence-electron chi connectivity index (χ4n) is 3.66. The molecule has 0 unspecified atom stereocenters. The predicted octanol–water partition coefficient (Wildman–Crippen LogP) is 3.10. The van der Waals surface area contributed by atoms with Crippen LogP contribution >= 0.6 is 0 Å². The van der Waals surface area contributed by atoms with E-state index in [1.165, 1.54) is 9.21 Å². The normalized spacial score (nSPS) is 12.0. The number of aryl methyl sites for hydroxylation is 1. The predicted molar refractivity (Wildman–Crippen MR) is 134 cm³/mol. The van der Waals surface area contributed by atoms with Crippen LogP contribution in [0.5, 0.6) is 5.75 Å². The van der Waals surface area contributed by atoms with E-state index in [2.05, 4.69) is 5.32 Å². The number of ether oxygens (including phenoxy) is 1. The Hall–Kier alpha value is -3.07. The molecule has 9 heteroatoms. The van der Waals surface area contributed by atoms with E-state index in [4.69, 9.17) is 4.74 Å². The van der Waals surface area contributed by atoms with Crippen LogP contribution in [-0.2, 0) is 26.2 Å². The lowest BCUT2D eigenvalue weighted by molar-refractivity contribution is -0.140. The highest BCUT2D eigenvalue weighted by Crippen LogP contribution is 2.23. The Labute approximate surface area is 202 Å². The monoisotopic (exact) mass is 489 g/mol. The maximum atomic E-state index is 13.2. The maximum Gasteiger partial charge on any atom is 0.242 e. The number of amides is 2. The molecule has 1 N–H and O–H groups in total. The number of rotatable bonds is 12. The minimum Gasteiger partial charge on any atom is -0.497 e. The van der Waals surface area contributed by atoms with Crippen LogP contribution in [0.1, 0.15) is 37.8 Å². The van der Waals surface area contributed by atoms with Crippen LogP contribution in [0.3, 0.4) is 0 Å². The highest BCUT2D eigenvalue weighted by atomic mass is 32.2. The average molecular weight is 490 g/mol. The van der Waals surface area contributed by atoms with E-state index in [0.717, 1.165) is 17.4 Å². The molecule has 2 rings (SSSR count). The Kier molecular flexibility index (Phi) is 9.92. The summed E-state index contributed by atoms with van der Waals surface area (Å²) in [7, 11) is -1.94. The number of benzene rings is 2. The van der Waals surface area contributed by atoms with Gasteiger partial charge in [0, 0.05) is 26.1 Å². The van der Waals surface area contributed by atoms with Crippen LogP contribution in [0.4, 0.5) is 5.69 Å². The summed E-state index contributed by atoms with van der Waals surface area (Å²) in [6.45, 7) is 6.26. The molecule has 2 aromatic carbocycles. The fourth-order valence-corrected chi connectivity index (χ4v) is 4.68. The van der Waals surface area contributed by atoms with Crippen molar-refractivity contribution in [1.29, 1.82) is 0 Å². The van der Waals surface area contributed by atoms with Crippen molar-refractivity contribution in [1.82, 2.24) is 10.2 Å². The Morgan fingerprint density at radius 3 is 2.29 bits per heavy atom. The first-order valence-corrected chi connectivity index (χ1v) is 13.2. The van der Waals surface area contributed by atoms with Crippen molar-refractivity contribution in [2.75, 3.05) is 30.8 Å². The van der Waals surface area contributed by atoms with Crippen molar-refractivity contribution in [2.24, 2.45) is 0 Å². The molecule has 0 saturated carbocycles. The third kappa shape index (κ3) is 7.48. The van der Waals surface area contributed by atoms with Gasteiger partial charge < -0.3 is 15.0 Å². The number of hydrogen-bond acceptors (Lipinski definition) is 5. The number of likely N-dealkylation sites (N-methyl/N-ethyl adjacent to an activating group) is 1. The molecular weight excluding hydrogens is 454 g/mol. The van der Waals surface area contributed by atoms with Gasteiger partial charge >= 0.3 is 0 Å². The minimum absolute atomic E-state index is 0.109. The highest BCUT2D eigenvalue weighted by Gasteiger charge is 2.26. The highest BCUT2D eigenvalue weighted by molar-refractivity contribution is 7.92. The molecule has 0 heterocycles. The maximum absolute atomic E-state index is 13.2. The molecule has 0 aliphatic heterocycles. The second kappa shape index (κ2) is 12.4. The van der Waals surface area contributed by atoms with Crippen molar-refractivity contribution in [3.05, 3.63) is 59.7 Å². The number of carbonyl (C=O) groups is 2. The topological polar surface area (TPSA) is 96.0 Å². The van der Waals surface area contributed by atoms with Gasteiger partial charge in [-0.1, -0.05) is 30.3 Å². The third-order valence-electron chi connectivity index (χ3n) is 5.57. The number of carbonyl (C=O) groups excluding carboxylic acids is 2. The summed E-state index contributed by atoms with van der Waals surface area (Å²) in [4.78, 5) is 27.2. The molecule has 2 amide bonds. The molecule has 8 nitrogen and oxygen atoms in total. The first-order chi connectivity index (χ1) is 16.1. The van der Waals surface area contributed by atoms with Gasteiger partial charge in [0.05, 0.1) is 19.1 Å². The molecule has 2 aromatic rings. The molecule has 0 fully saturated rings. The molecule has 0 bridgehead atoms. The summed E-state index contributed by atoms with van der Waals surface area (Å²) in [5.74, 6) is 0.255. The van der Waals surface area contributed by atoms with Crippen molar-refractivity contribution in [3.63, 3.8) is 0 Å². The Morgan fingerprint density at radius 2 is 1.74 bits per heavy atom. The zero-order valence-electron chi connectivity index (χ0n) is 20.6. The van der Waals surface area contributed by atoms with Gasteiger partial charge in [-0.25, -0.2) is 8.42 Å². The van der Waals surface area contributed by atoms with Gasteiger partial charge in [0.15, 0.2) is 0 Å². The second-order valence-electron chi connectivity index (χ2n) is 8.17. The van der Waals surface area contributed by atoms with E-state index in [-0.39, 0.29) is 31.3 Å². The van der Waals surface area contributed by atoms with Crippen LogP contribution in [-0.4, -0.2) is 57.6 Å². The zero-order valence-corrected chi connectivity index (χ0v) is 21.4.